The van der Waals surface area contributed by atoms with Crippen LogP contribution in [0.4, 0.5) is 0 Å². The highest BCUT2D eigenvalue weighted by Gasteiger charge is 2.19. The maximum Gasteiger partial charge on any atom is 0.0547 e. The Hall–Kier alpha value is -6.84. The topological polar surface area (TPSA) is 25.6 Å². The van der Waals surface area contributed by atoms with Crippen LogP contribution in [0.2, 0.25) is 0 Å². The second kappa shape index (κ2) is 10.8. The first kappa shape index (κ1) is 28.0. The summed E-state index contributed by atoms with van der Waals surface area (Å²) in [6.07, 6.45) is 0. The number of hydrogen-bond acceptors (Lipinski definition) is 0. The molecule has 0 unspecified atom stereocenters. The second-order valence-electron chi connectivity index (χ2n) is 13.5. The number of rotatable bonds is 4. The van der Waals surface area contributed by atoms with E-state index < -0.39 is 0 Å². The maximum absolute atomic E-state index is 3.59. The van der Waals surface area contributed by atoms with E-state index in [0.717, 1.165) is 11.2 Å². The molecule has 0 saturated heterocycles. The first-order valence-electron chi connectivity index (χ1n) is 17.5. The zero-order valence-electron chi connectivity index (χ0n) is 27.7. The average molecular weight is 650 g/mol. The summed E-state index contributed by atoms with van der Waals surface area (Å²) in [4.78, 5) is 3.59. The summed E-state index contributed by atoms with van der Waals surface area (Å²) in [5, 5.41) is 7.52. The van der Waals surface area contributed by atoms with Crippen LogP contribution in [0, 0.1) is 0 Å². The molecule has 3 nitrogen and oxygen atoms in total. The molecule has 0 spiro atoms. The van der Waals surface area contributed by atoms with E-state index in [1.165, 1.54) is 87.8 Å². The van der Waals surface area contributed by atoms with Crippen molar-refractivity contribution >= 4 is 65.4 Å². The van der Waals surface area contributed by atoms with Crippen LogP contribution in [0.25, 0.3) is 99.0 Å². The fourth-order valence-electron chi connectivity index (χ4n) is 8.37. The Balaban J connectivity index is 1.18. The number of para-hydroxylation sites is 4. The van der Waals surface area contributed by atoms with Crippen LogP contribution in [0.1, 0.15) is 0 Å². The molecule has 0 aliphatic heterocycles. The molecule has 238 valence electrons. The summed E-state index contributed by atoms with van der Waals surface area (Å²) in [7, 11) is 0. The fraction of sp³-hybridized carbons (Fsp3) is 0. The zero-order chi connectivity index (χ0) is 33.5. The third-order valence-electron chi connectivity index (χ3n) is 10.6. The highest BCUT2D eigenvalue weighted by Crippen LogP contribution is 2.42. The molecule has 3 heterocycles. The molecule has 3 heteroatoms. The van der Waals surface area contributed by atoms with Gasteiger partial charge in [0, 0.05) is 54.7 Å². The summed E-state index contributed by atoms with van der Waals surface area (Å²) in [5.41, 5.74) is 14.3. The summed E-state index contributed by atoms with van der Waals surface area (Å²) >= 11 is 0. The number of H-pyrrole nitrogens is 1. The summed E-state index contributed by atoms with van der Waals surface area (Å²) in [6, 6.07) is 66.3. The van der Waals surface area contributed by atoms with Gasteiger partial charge in [-0.1, -0.05) is 103 Å². The van der Waals surface area contributed by atoms with Crippen molar-refractivity contribution in [1.29, 1.82) is 0 Å². The number of aromatic nitrogens is 3. The van der Waals surface area contributed by atoms with Crippen LogP contribution >= 0.6 is 0 Å². The van der Waals surface area contributed by atoms with Crippen molar-refractivity contribution in [2.75, 3.05) is 0 Å². The van der Waals surface area contributed by atoms with Crippen molar-refractivity contribution in [1.82, 2.24) is 14.1 Å². The van der Waals surface area contributed by atoms with Crippen LogP contribution in [-0.4, -0.2) is 14.1 Å². The monoisotopic (exact) mass is 649 g/mol. The third kappa shape index (κ3) is 4.19. The van der Waals surface area contributed by atoms with Gasteiger partial charge in [-0.2, -0.15) is 0 Å². The lowest BCUT2D eigenvalue weighted by atomic mass is 9.96. The van der Waals surface area contributed by atoms with E-state index in [0.29, 0.717) is 0 Å². The number of aromatic amines is 1. The fourth-order valence-corrected chi connectivity index (χ4v) is 8.37. The molecule has 0 atom stereocenters. The molecule has 1 N–H and O–H groups in total. The van der Waals surface area contributed by atoms with Crippen molar-refractivity contribution in [2.45, 2.75) is 0 Å². The van der Waals surface area contributed by atoms with Crippen molar-refractivity contribution in [2.24, 2.45) is 0 Å². The number of fused-ring (bicyclic) bond motifs is 9. The van der Waals surface area contributed by atoms with E-state index in [1.54, 1.807) is 0 Å². The molecule has 51 heavy (non-hydrogen) atoms. The predicted octanol–water partition coefficient (Wildman–Crippen LogP) is 12.8. The molecule has 0 aliphatic carbocycles. The van der Waals surface area contributed by atoms with Gasteiger partial charge in [0.25, 0.3) is 0 Å². The molecule has 0 saturated carbocycles. The molecule has 11 rings (SSSR count). The Bertz CT molecular complexity index is 3120. The van der Waals surface area contributed by atoms with E-state index in [9.17, 15) is 0 Å². The third-order valence-corrected chi connectivity index (χ3v) is 10.6. The Morgan fingerprint density at radius 1 is 0.314 bits per heavy atom. The summed E-state index contributed by atoms with van der Waals surface area (Å²) in [5.74, 6) is 0. The molecule has 0 fully saturated rings. The van der Waals surface area contributed by atoms with E-state index in [2.05, 4.69) is 196 Å². The van der Waals surface area contributed by atoms with E-state index in [1.807, 2.05) is 0 Å². The van der Waals surface area contributed by atoms with Gasteiger partial charge in [0.05, 0.1) is 22.1 Å². The van der Waals surface area contributed by atoms with Gasteiger partial charge < -0.3 is 14.1 Å². The van der Waals surface area contributed by atoms with Crippen molar-refractivity contribution in [3.05, 3.63) is 182 Å². The van der Waals surface area contributed by atoms with E-state index in [4.69, 9.17) is 0 Å². The lowest BCUT2D eigenvalue weighted by molar-refractivity contribution is 1.18. The van der Waals surface area contributed by atoms with Gasteiger partial charge >= 0.3 is 0 Å². The van der Waals surface area contributed by atoms with Gasteiger partial charge in [0.2, 0.25) is 0 Å². The molecule has 0 bridgehead atoms. The number of benzene rings is 8. The van der Waals surface area contributed by atoms with E-state index in [-0.39, 0.29) is 0 Å². The number of hydrogen-bond donors (Lipinski definition) is 1. The Morgan fingerprint density at radius 2 is 0.843 bits per heavy atom. The summed E-state index contributed by atoms with van der Waals surface area (Å²) < 4.78 is 4.80. The van der Waals surface area contributed by atoms with Crippen LogP contribution in [-0.2, 0) is 0 Å². The van der Waals surface area contributed by atoms with Gasteiger partial charge in [0.1, 0.15) is 0 Å². The van der Waals surface area contributed by atoms with Crippen LogP contribution in [0.3, 0.4) is 0 Å². The quantitative estimate of drug-likeness (QED) is 0.196. The standard InChI is InChI=1S/C48H31N3/c1-3-12-34(13-4-1)50-44-20-10-8-17-38(44)40-30-33(24-27-45(40)50)36-18-11-21-47-48(36)41-29-32(23-26-46(41)51(47)35-14-5-2-6-15-35)31-22-25-43-39(28-31)37-16-7-9-19-42(37)49-43/h1-30,49H. The molecule has 0 radical (unpaired) electrons. The Labute approximate surface area is 294 Å². The van der Waals surface area contributed by atoms with Crippen LogP contribution in [0.5, 0.6) is 0 Å². The summed E-state index contributed by atoms with van der Waals surface area (Å²) in [6.45, 7) is 0. The molecule has 3 aromatic heterocycles. The van der Waals surface area contributed by atoms with Gasteiger partial charge in [-0.05, 0) is 101 Å². The van der Waals surface area contributed by atoms with E-state index >= 15 is 0 Å². The SMILES string of the molecule is c1ccc(-n2c3ccccc3c3cc(-c4cccc5c4c4cc(-c6ccc7[nH]c8ccccc8c7c6)ccc4n5-c4ccccc4)ccc32)cc1. The minimum atomic E-state index is 1.16. The molecular weight excluding hydrogens is 619 g/mol. The highest BCUT2D eigenvalue weighted by molar-refractivity contribution is 6.18. The Kier molecular flexibility index (Phi) is 5.96. The van der Waals surface area contributed by atoms with Gasteiger partial charge in [-0.15, -0.1) is 0 Å². The lowest BCUT2D eigenvalue weighted by Crippen LogP contribution is -1.93. The first-order valence-corrected chi connectivity index (χ1v) is 17.5. The lowest BCUT2D eigenvalue weighted by Gasteiger charge is -2.10. The molecular formula is C48H31N3. The second-order valence-corrected chi connectivity index (χ2v) is 13.5. The molecule has 0 amide bonds. The van der Waals surface area contributed by atoms with Crippen molar-refractivity contribution in [3.8, 4) is 33.6 Å². The Morgan fingerprint density at radius 3 is 1.63 bits per heavy atom. The van der Waals surface area contributed by atoms with Crippen molar-refractivity contribution < 1.29 is 0 Å². The minimum Gasteiger partial charge on any atom is -0.355 e. The smallest absolute Gasteiger partial charge is 0.0547 e. The average Bonchev–Trinajstić information content (AvgIpc) is 3.85. The van der Waals surface area contributed by atoms with Crippen molar-refractivity contribution in [3.63, 3.8) is 0 Å². The largest absolute Gasteiger partial charge is 0.355 e. The molecule has 11 aromatic rings. The van der Waals surface area contributed by atoms with Gasteiger partial charge in [0.15, 0.2) is 0 Å². The van der Waals surface area contributed by atoms with Crippen LogP contribution in [0.15, 0.2) is 182 Å². The number of nitrogens with zero attached hydrogens (tertiary/aromatic N) is 2. The number of nitrogens with one attached hydrogen (secondary N) is 1. The zero-order valence-corrected chi connectivity index (χ0v) is 27.7. The maximum atomic E-state index is 3.59. The first-order chi connectivity index (χ1) is 25.3. The van der Waals surface area contributed by atoms with Gasteiger partial charge in [-0.25, -0.2) is 0 Å². The minimum absolute atomic E-state index is 1.16. The van der Waals surface area contributed by atoms with Crippen LogP contribution < -0.4 is 0 Å². The normalized spacial score (nSPS) is 11.9. The predicted molar refractivity (Wildman–Crippen MR) is 215 cm³/mol. The highest BCUT2D eigenvalue weighted by atomic mass is 15.0. The van der Waals surface area contributed by atoms with Gasteiger partial charge in [-0.3, -0.25) is 0 Å². The molecule has 8 aromatic carbocycles. The molecule has 0 aliphatic rings.